The van der Waals surface area contributed by atoms with E-state index in [4.69, 9.17) is 0 Å². The Morgan fingerprint density at radius 2 is 0.767 bits per heavy atom. The predicted molar refractivity (Wildman–Crippen MR) is 121 cm³/mol. The molecule has 6 bridgehead atoms. The molecular weight excluding hydrogens is 368 g/mol. The van der Waals surface area contributed by atoms with Gasteiger partial charge in [-0.1, -0.05) is 18.2 Å². The smallest absolute Gasteiger partial charge is 0.129 e. The lowest BCUT2D eigenvalue weighted by atomic mass is 10.0. The van der Waals surface area contributed by atoms with E-state index in [-0.39, 0.29) is 0 Å². The Bertz CT molecular complexity index is 677. The molecule has 1 aromatic rings. The summed E-state index contributed by atoms with van der Waals surface area (Å²) in [5, 5.41) is 0. The van der Waals surface area contributed by atoms with Gasteiger partial charge in [-0.05, 0) is 31.7 Å². The second-order valence-electron chi connectivity index (χ2n) is 12.0. The summed E-state index contributed by atoms with van der Waals surface area (Å²) in [7, 11) is 0. The minimum Gasteiger partial charge on any atom is -0.310 e. The van der Waals surface area contributed by atoms with Crippen LogP contribution in [0.15, 0.2) is 24.3 Å². The van der Waals surface area contributed by atoms with Crippen molar-refractivity contribution in [3.63, 3.8) is 0 Å². The van der Waals surface area contributed by atoms with E-state index in [2.05, 4.69) is 24.3 Å². The molecule has 15 heterocycles. The molecule has 4 heteroatoms. The fraction of sp³-hybridized carbons (Fsp3) is 0.769. The molecule has 1 aromatic carbocycles. The lowest BCUT2D eigenvalue weighted by molar-refractivity contribution is -1.09. The summed E-state index contributed by atoms with van der Waals surface area (Å²) in [6.07, 6.45) is 5.90. The number of piperazine rings is 6. The zero-order valence-corrected chi connectivity index (χ0v) is 19.2. The topological polar surface area (TPSA) is 0 Å². The summed E-state index contributed by atoms with van der Waals surface area (Å²) in [5.41, 5.74) is 3.23. The van der Waals surface area contributed by atoms with Crippen LogP contribution in [0.5, 0.6) is 0 Å². The van der Waals surface area contributed by atoms with Gasteiger partial charge in [0.1, 0.15) is 91.6 Å². The van der Waals surface area contributed by atoms with E-state index in [9.17, 15) is 0 Å². The molecule has 0 amide bonds. The lowest BCUT2D eigenvalue weighted by Crippen LogP contribution is -2.74. The van der Waals surface area contributed by atoms with Crippen molar-refractivity contribution < 1.29 is 17.9 Å². The van der Waals surface area contributed by atoms with E-state index in [1.54, 1.807) is 11.1 Å². The zero-order chi connectivity index (χ0) is 20.1. The Hall–Kier alpha value is -0.940. The van der Waals surface area contributed by atoms with Crippen LogP contribution in [0, 0.1) is 0 Å². The van der Waals surface area contributed by atoms with Gasteiger partial charge in [-0.15, -0.1) is 0 Å². The molecule has 4 nitrogen and oxygen atoms in total. The summed E-state index contributed by atoms with van der Waals surface area (Å²) < 4.78 is 5.67. The standard InChI is InChI=1S/C26H44N4/c1-2-4-9-28-13-19-30(20-14-28,21-15-28)24-26-7-5-6-25(22-26)23-29-16-10-27(8-3-1,11-17-29)12-18-29/h5-7,22H,1-4,8-21,23-24H2/q+4. The monoisotopic (exact) mass is 412 g/mol. The van der Waals surface area contributed by atoms with E-state index < -0.39 is 0 Å². The van der Waals surface area contributed by atoms with Crippen LogP contribution in [0.4, 0.5) is 0 Å². The van der Waals surface area contributed by atoms with Crippen molar-refractivity contribution in [2.45, 2.75) is 38.8 Å². The Kier molecular flexibility index (Phi) is 4.80. The summed E-state index contributed by atoms with van der Waals surface area (Å²) in [5.74, 6) is 0. The average molecular weight is 413 g/mol. The molecule has 15 aliphatic heterocycles. The Morgan fingerprint density at radius 3 is 1.17 bits per heavy atom. The first-order valence-corrected chi connectivity index (χ1v) is 13.1. The second-order valence-corrected chi connectivity index (χ2v) is 12.0. The minimum atomic E-state index is 1.29. The Morgan fingerprint density at radius 1 is 0.400 bits per heavy atom. The van der Waals surface area contributed by atoms with Crippen molar-refractivity contribution in [1.29, 1.82) is 0 Å². The molecule has 0 radical (unpaired) electrons. The highest BCUT2D eigenvalue weighted by molar-refractivity contribution is 5.22. The van der Waals surface area contributed by atoms with E-state index in [1.807, 2.05) is 0 Å². The first kappa shape index (κ1) is 19.7. The fourth-order valence-electron chi connectivity index (χ4n) is 7.88. The number of benzene rings is 1. The number of hydrogen-bond acceptors (Lipinski definition) is 0. The van der Waals surface area contributed by atoms with Gasteiger partial charge >= 0.3 is 0 Å². The van der Waals surface area contributed by atoms with Gasteiger partial charge in [0.15, 0.2) is 0 Å². The maximum atomic E-state index is 2.60. The van der Waals surface area contributed by atoms with E-state index in [0.29, 0.717) is 0 Å². The van der Waals surface area contributed by atoms with Crippen LogP contribution in [-0.2, 0) is 13.1 Å². The molecule has 6 fully saturated rings. The van der Waals surface area contributed by atoms with Crippen LogP contribution < -0.4 is 0 Å². The number of hydrogen-bond donors (Lipinski definition) is 0. The molecule has 0 saturated carbocycles. The highest BCUT2D eigenvalue weighted by Crippen LogP contribution is 2.32. The van der Waals surface area contributed by atoms with Gasteiger partial charge in [0, 0.05) is 11.1 Å². The maximum Gasteiger partial charge on any atom is 0.129 e. The lowest BCUT2D eigenvalue weighted by Gasteiger charge is -2.56. The van der Waals surface area contributed by atoms with Gasteiger partial charge in [0.2, 0.25) is 0 Å². The van der Waals surface area contributed by atoms with E-state index >= 15 is 0 Å². The summed E-state index contributed by atoms with van der Waals surface area (Å²) in [6, 6.07) is 9.83. The van der Waals surface area contributed by atoms with Crippen molar-refractivity contribution in [1.82, 2.24) is 0 Å². The number of quaternary nitrogens is 4. The largest absolute Gasteiger partial charge is 0.310 e. The zero-order valence-electron chi connectivity index (χ0n) is 19.2. The third-order valence-electron chi connectivity index (χ3n) is 10.3. The Balaban J connectivity index is 1.26. The van der Waals surface area contributed by atoms with Gasteiger partial charge in [-0.25, -0.2) is 0 Å². The molecule has 0 atom stereocenters. The predicted octanol–water partition coefficient (Wildman–Crippen LogP) is 2.58. The van der Waals surface area contributed by atoms with Crippen LogP contribution in [0.2, 0.25) is 0 Å². The molecule has 30 heavy (non-hydrogen) atoms. The summed E-state index contributed by atoms with van der Waals surface area (Å²) in [6.45, 7) is 22.7. The molecule has 16 rings (SSSR count). The molecule has 6 saturated heterocycles. The molecule has 0 spiro atoms. The number of rotatable bonds is 0. The van der Waals surface area contributed by atoms with Gasteiger partial charge in [0.05, 0.1) is 13.1 Å². The van der Waals surface area contributed by atoms with Crippen LogP contribution in [0.3, 0.4) is 0 Å². The van der Waals surface area contributed by atoms with Crippen LogP contribution in [0.1, 0.15) is 36.8 Å². The SMILES string of the molecule is c1cc2cc(c1)C[N+]13CC[N+](CCCCCC[N+]45CC[N+](CC4)(CC5)C2)(CC1)CC3. The molecule has 0 aromatic heterocycles. The molecule has 0 aliphatic carbocycles. The highest BCUT2D eigenvalue weighted by atomic mass is 15.5. The number of nitrogens with zero attached hydrogens (tertiary/aromatic N) is 4. The average Bonchev–Trinajstić information content (AvgIpc) is 2.79. The van der Waals surface area contributed by atoms with Gasteiger partial charge < -0.3 is 17.9 Å². The normalized spacial score (nSPS) is 43.9. The minimum absolute atomic E-state index is 1.29. The van der Waals surface area contributed by atoms with E-state index in [0.717, 1.165) is 0 Å². The highest BCUT2D eigenvalue weighted by Gasteiger charge is 2.50. The molecule has 15 aliphatic rings. The van der Waals surface area contributed by atoms with Crippen LogP contribution in [-0.4, -0.2) is 110 Å². The third kappa shape index (κ3) is 3.54. The van der Waals surface area contributed by atoms with Gasteiger partial charge in [-0.3, -0.25) is 0 Å². The van der Waals surface area contributed by atoms with Crippen LogP contribution >= 0.6 is 0 Å². The van der Waals surface area contributed by atoms with Crippen molar-refractivity contribution in [2.75, 3.05) is 91.6 Å². The summed E-state index contributed by atoms with van der Waals surface area (Å²) >= 11 is 0. The second kappa shape index (κ2) is 7.30. The third-order valence-corrected chi connectivity index (χ3v) is 10.3. The summed E-state index contributed by atoms with van der Waals surface area (Å²) in [4.78, 5) is 0. The van der Waals surface area contributed by atoms with Crippen molar-refractivity contribution in [3.8, 4) is 0 Å². The van der Waals surface area contributed by atoms with Crippen LogP contribution in [0.25, 0.3) is 0 Å². The van der Waals surface area contributed by atoms with Crippen molar-refractivity contribution in [3.05, 3.63) is 35.4 Å². The maximum absolute atomic E-state index is 2.60. The van der Waals surface area contributed by atoms with Gasteiger partial charge in [-0.2, -0.15) is 0 Å². The van der Waals surface area contributed by atoms with Gasteiger partial charge in [0.25, 0.3) is 0 Å². The first-order chi connectivity index (χ1) is 14.6. The fourth-order valence-corrected chi connectivity index (χ4v) is 7.88. The molecule has 0 unspecified atom stereocenters. The van der Waals surface area contributed by atoms with Crippen molar-refractivity contribution >= 4 is 0 Å². The first-order valence-electron chi connectivity index (χ1n) is 13.1. The van der Waals surface area contributed by atoms with Crippen molar-refractivity contribution in [2.24, 2.45) is 0 Å². The quantitative estimate of drug-likeness (QED) is 0.575. The molecular formula is C26H44N4+4. The van der Waals surface area contributed by atoms with E-state index in [1.165, 1.54) is 148 Å². The molecule has 0 N–H and O–H groups in total. The molecule has 164 valence electrons. The Labute approximate surface area is 184 Å².